The van der Waals surface area contributed by atoms with Crippen molar-refractivity contribution in [1.82, 2.24) is 0 Å². The fraction of sp³-hybridized carbons (Fsp3) is 0.571. The van der Waals surface area contributed by atoms with E-state index in [0.717, 1.165) is 13.2 Å². The molecule has 0 N–H and O–H groups in total. The fourth-order valence-electron chi connectivity index (χ4n) is 0.595. The average Bonchev–Trinajstić information content (AvgIpc) is 2.37. The van der Waals surface area contributed by atoms with Gasteiger partial charge in [0.05, 0.1) is 0 Å². The van der Waals surface area contributed by atoms with E-state index in [9.17, 15) is 0 Å². The molecule has 0 atom stereocenters. The Bertz CT molecular complexity index is 61.0. The van der Waals surface area contributed by atoms with Crippen LogP contribution in [0, 0.1) is 0 Å². The maximum absolute atomic E-state index is 5.31. The Morgan fingerprint density at radius 2 is 0.933 bits per heavy atom. The van der Waals surface area contributed by atoms with E-state index in [1.165, 1.54) is 25.7 Å². The Kier molecular flexibility index (Phi) is 81.1. The lowest BCUT2D eigenvalue weighted by Gasteiger charge is -1.99. The molecule has 0 rings (SSSR count). The Balaban J connectivity index is -0.0000000860. The zero-order valence-electron chi connectivity index (χ0n) is 10.9. The van der Waals surface area contributed by atoms with Gasteiger partial charge < -0.3 is 4.74 Å². The molecule has 0 aromatic carbocycles. The standard InChI is InChI=1S/C8H18O.3C2H4/c1-3-5-7-9-8-6-4-2;3*1-2/h3-8H2,1-2H3;3*1-2H2. The molecule has 0 spiro atoms. The average molecular weight is 214 g/mol. The van der Waals surface area contributed by atoms with Gasteiger partial charge in [-0.15, -0.1) is 39.5 Å². The van der Waals surface area contributed by atoms with Crippen molar-refractivity contribution in [2.75, 3.05) is 13.2 Å². The number of ether oxygens (including phenoxy) is 1. The van der Waals surface area contributed by atoms with Crippen molar-refractivity contribution < 1.29 is 4.74 Å². The van der Waals surface area contributed by atoms with Crippen LogP contribution in [0.2, 0.25) is 0 Å². The molecule has 0 saturated carbocycles. The van der Waals surface area contributed by atoms with E-state index in [2.05, 4.69) is 53.3 Å². The zero-order chi connectivity index (χ0) is 12.9. The van der Waals surface area contributed by atoms with Gasteiger partial charge in [0, 0.05) is 13.2 Å². The Morgan fingerprint density at radius 3 is 1.13 bits per heavy atom. The molecule has 0 aromatic heterocycles. The van der Waals surface area contributed by atoms with Crippen LogP contribution in [0.15, 0.2) is 39.5 Å². The van der Waals surface area contributed by atoms with Gasteiger partial charge in [-0.25, -0.2) is 0 Å². The summed E-state index contributed by atoms with van der Waals surface area (Å²) in [4.78, 5) is 0. The van der Waals surface area contributed by atoms with Gasteiger partial charge in [0.2, 0.25) is 0 Å². The summed E-state index contributed by atoms with van der Waals surface area (Å²) in [5.74, 6) is 0. The van der Waals surface area contributed by atoms with Crippen LogP contribution in [0.25, 0.3) is 0 Å². The smallest absolute Gasteiger partial charge is 0.0465 e. The van der Waals surface area contributed by atoms with Gasteiger partial charge in [-0.05, 0) is 12.8 Å². The first-order valence-electron chi connectivity index (χ1n) is 5.49. The van der Waals surface area contributed by atoms with Gasteiger partial charge >= 0.3 is 0 Å². The Morgan fingerprint density at radius 1 is 0.667 bits per heavy atom. The summed E-state index contributed by atoms with van der Waals surface area (Å²) in [7, 11) is 0. The summed E-state index contributed by atoms with van der Waals surface area (Å²) < 4.78 is 5.31. The molecule has 0 aliphatic rings. The summed E-state index contributed by atoms with van der Waals surface area (Å²) in [5, 5.41) is 0. The monoisotopic (exact) mass is 214 g/mol. The van der Waals surface area contributed by atoms with E-state index in [1.807, 2.05) is 0 Å². The third-order valence-corrected chi connectivity index (χ3v) is 1.28. The molecule has 0 unspecified atom stereocenters. The van der Waals surface area contributed by atoms with Crippen LogP contribution >= 0.6 is 0 Å². The van der Waals surface area contributed by atoms with E-state index < -0.39 is 0 Å². The van der Waals surface area contributed by atoms with Gasteiger partial charge in [-0.3, -0.25) is 0 Å². The quantitative estimate of drug-likeness (QED) is 0.446. The van der Waals surface area contributed by atoms with Crippen molar-refractivity contribution in [3.63, 3.8) is 0 Å². The highest BCUT2D eigenvalue weighted by molar-refractivity contribution is 4.33. The molecule has 0 amide bonds. The first-order chi connectivity index (χ1) is 7.41. The zero-order valence-corrected chi connectivity index (χ0v) is 10.9. The molecular weight excluding hydrogens is 184 g/mol. The SMILES string of the molecule is C=C.C=C.C=C.CCCCOCCCC. The first-order valence-corrected chi connectivity index (χ1v) is 5.49. The number of hydrogen-bond donors (Lipinski definition) is 0. The molecule has 92 valence electrons. The molecule has 0 aliphatic heterocycles. The number of unbranched alkanes of at least 4 members (excludes halogenated alkanes) is 2. The third-order valence-electron chi connectivity index (χ3n) is 1.28. The van der Waals surface area contributed by atoms with Crippen LogP contribution < -0.4 is 0 Å². The summed E-state index contributed by atoms with van der Waals surface area (Å²) in [6.45, 7) is 24.3. The van der Waals surface area contributed by atoms with Crippen LogP contribution in [0.4, 0.5) is 0 Å². The van der Waals surface area contributed by atoms with Crippen molar-refractivity contribution in [3.05, 3.63) is 39.5 Å². The second-order valence-electron chi connectivity index (χ2n) is 2.32. The van der Waals surface area contributed by atoms with E-state index in [0.29, 0.717) is 0 Å². The van der Waals surface area contributed by atoms with Gasteiger partial charge in [-0.1, -0.05) is 26.7 Å². The van der Waals surface area contributed by atoms with E-state index in [4.69, 9.17) is 4.74 Å². The number of hydrogen-bond acceptors (Lipinski definition) is 1. The molecule has 15 heavy (non-hydrogen) atoms. The predicted molar refractivity (Wildman–Crippen MR) is 74.4 cm³/mol. The van der Waals surface area contributed by atoms with E-state index in [1.54, 1.807) is 0 Å². The lowest BCUT2D eigenvalue weighted by molar-refractivity contribution is 0.128. The normalized spacial score (nSPS) is 6.80. The molecule has 0 radical (unpaired) electrons. The van der Waals surface area contributed by atoms with Crippen molar-refractivity contribution >= 4 is 0 Å². The lowest BCUT2D eigenvalue weighted by Crippen LogP contribution is -1.95. The summed E-state index contributed by atoms with van der Waals surface area (Å²) in [6.07, 6.45) is 4.91. The molecule has 0 aliphatic carbocycles. The minimum atomic E-state index is 0.955. The van der Waals surface area contributed by atoms with E-state index >= 15 is 0 Å². The molecule has 1 heteroatoms. The Labute approximate surface area is 97.5 Å². The van der Waals surface area contributed by atoms with Crippen LogP contribution in [0.3, 0.4) is 0 Å². The highest BCUT2D eigenvalue weighted by Gasteiger charge is 1.84. The summed E-state index contributed by atoms with van der Waals surface area (Å²) >= 11 is 0. The van der Waals surface area contributed by atoms with Crippen LogP contribution in [0.5, 0.6) is 0 Å². The van der Waals surface area contributed by atoms with Crippen LogP contribution in [-0.2, 0) is 4.74 Å². The molecule has 0 heterocycles. The maximum Gasteiger partial charge on any atom is 0.0465 e. The second kappa shape index (κ2) is 51.2. The van der Waals surface area contributed by atoms with Crippen molar-refractivity contribution in [2.45, 2.75) is 39.5 Å². The second-order valence-corrected chi connectivity index (χ2v) is 2.32. The van der Waals surface area contributed by atoms with Crippen LogP contribution in [0.1, 0.15) is 39.5 Å². The van der Waals surface area contributed by atoms with Crippen LogP contribution in [-0.4, -0.2) is 13.2 Å². The Hall–Kier alpha value is -0.820. The topological polar surface area (TPSA) is 9.23 Å². The van der Waals surface area contributed by atoms with Crippen molar-refractivity contribution in [3.8, 4) is 0 Å². The van der Waals surface area contributed by atoms with Gasteiger partial charge in [0.25, 0.3) is 0 Å². The maximum atomic E-state index is 5.31. The molecule has 0 bridgehead atoms. The van der Waals surface area contributed by atoms with Crippen molar-refractivity contribution in [2.24, 2.45) is 0 Å². The third kappa shape index (κ3) is 61.4. The minimum absolute atomic E-state index is 0.955. The molecule has 0 saturated heterocycles. The van der Waals surface area contributed by atoms with Gasteiger partial charge in [0.15, 0.2) is 0 Å². The van der Waals surface area contributed by atoms with Gasteiger partial charge in [0.1, 0.15) is 0 Å². The molecular formula is C14H30O. The van der Waals surface area contributed by atoms with Crippen molar-refractivity contribution in [1.29, 1.82) is 0 Å². The summed E-state index contributed by atoms with van der Waals surface area (Å²) in [5.41, 5.74) is 0. The predicted octanol–water partition coefficient (Wildman–Crippen LogP) is 5.01. The lowest BCUT2D eigenvalue weighted by atomic mass is 10.3. The fourth-order valence-corrected chi connectivity index (χ4v) is 0.595. The first kappa shape index (κ1) is 23.8. The van der Waals surface area contributed by atoms with E-state index in [-0.39, 0.29) is 0 Å². The number of rotatable bonds is 6. The molecule has 1 nitrogen and oxygen atoms in total. The largest absolute Gasteiger partial charge is 0.381 e. The highest BCUT2D eigenvalue weighted by Crippen LogP contribution is 1.91. The summed E-state index contributed by atoms with van der Waals surface area (Å²) in [6, 6.07) is 0. The highest BCUT2D eigenvalue weighted by atomic mass is 16.5. The van der Waals surface area contributed by atoms with Gasteiger partial charge in [-0.2, -0.15) is 0 Å². The minimum Gasteiger partial charge on any atom is -0.381 e. The molecule has 0 fully saturated rings. The molecule has 0 aromatic rings.